The van der Waals surface area contributed by atoms with Crippen LogP contribution in [0.15, 0.2) is 23.6 Å². The Morgan fingerprint density at radius 1 is 1.35 bits per heavy atom. The zero-order valence-corrected chi connectivity index (χ0v) is 12.0. The number of hydrogen-bond acceptors (Lipinski definition) is 5. The van der Waals surface area contributed by atoms with Gasteiger partial charge in [0.2, 0.25) is 0 Å². The first kappa shape index (κ1) is 14.8. The summed E-state index contributed by atoms with van der Waals surface area (Å²) in [6.45, 7) is 7.92. The SMILES string of the molecule is CCC(C(N)=NO)N1CCN(CCn2cccn2)CC1. The van der Waals surface area contributed by atoms with E-state index in [1.54, 1.807) is 6.20 Å². The van der Waals surface area contributed by atoms with Crippen molar-refractivity contribution in [2.75, 3.05) is 32.7 Å². The molecule has 0 bridgehead atoms. The maximum atomic E-state index is 8.82. The van der Waals surface area contributed by atoms with Gasteiger partial charge in [0.05, 0.1) is 12.6 Å². The molecule has 1 aliphatic heterocycles. The van der Waals surface area contributed by atoms with Crippen LogP contribution in [0.1, 0.15) is 13.3 Å². The Morgan fingerprint density at radius 3 is 2.65 bits per heavy atom. The minimum atomic E-state index is 0.0493. The standard InChI is InChI=1S/C13H24N6O/c1-2-12(13(14)16-20)18-9-6-17(7-10-18)8-11-19-5-3-4-15-19/h3-5,12,20H,2,6-11H2,1H3,(H2,14,16). The molecule has 20 heavy (non-hydrogen) atoms. The van der Waals surface area contributed by atoms with Gasteiger partial charge < -0.3 is 10.9 Å². The van der Waals surface area contributed by atoms with E-state index in [0.717, 1.165) is 45.7 Å². The maximum absolute atomic E-state index is 8.82. The Bertz CT molecular complexity index is 411. The van der Waals surface area contributed by atoms with Gasteiger partial charge in [-0.1, -0.05) is 12.1 Å². The lowest BCUT2D eigenvalue weighted by atomic mass is 10.1. The lowest BCUT2D eigenvalue weighted by molar-refractivity contribution is 0.111. The van der Waals surface area contributed by atoms with Crippen LogP contribution in [0.25, 0.3) is 0 Å². The van der Waals surface area contributed by atoms with E-state index in [0.29, 0.717) is 5.84 Å². The van der Waals surface area contributed by atoms with Gasteiger partial charge in [0.1, 0.15) is 0 Å². The van der Waals surface area contributed by atoms with Crippen molar-refractivity contribution in [2.45, 2.75) is 25.9 Å². The molecule has 1 saturated heterocycles. The van der Waals surface area contributed by atoms with Crippen molar-refractivity contribution in [3.8, 4) is 0 Å². The van der Waals surface area contributed by atoms with Crippen LogP contribution in [0.2, 0.25) is 0 Å². The van der Waals surface area contributed by atoms with Crippen LogP contribution in [0, 0.1) is 0 Å². The van der Waals surface area contributed by atoms with E-state index in [1.165, 1.54) is 0 Å². The van der Waals surface area contributed by atoms with E-state index in [-0.39, 0.29) is 6.04 Å². The van der Waals surface area contributed by atoms with Crippen molar-refractivity contribution in [1.82, 2.24) is 19.6 Å². The first-order valence-corrected chi connectivity index (χ1v) is 7.15. The molecule has 0 spiro atoms. The second-order valence-corrected chi connectivity index (χ2v) is 5.10. The highest BCUT2D eigenvalue weighted by molar-refractivity contribution is 5.85. The van der Waals surface area contributed by atoms with Gasteiger partial charge in [0.25, 0.3) is 0 Å². The predicted octanol–water partition coefficient (Wildman–Crippen LogP) is 0.0257. The molecule has 1 atom stereocenters. The number of rotatable bonds is 6. The van der Waals surface area contributed by atoms with Crippen molar-refractivity contribution >= 4 is 5.84 Å². The molecule has 1 aliphatic rings. The second kappa shape index (κ2) is 7.25. The maximum Gasteiger partial charge on any atom is 0.156 e. The Morgan fingerprint density at radius 2 is 2.10 bits per heavy atom. The number of aromatic nitrogens is 2. The molecule has 112 valence electrons. The monoisotopic (exact) mass is 280 g/mol. The van der Waals surface area contributed by atoms with Crippen LogP contribution in [-0.4, -0.2) is 69.4 Å². The molecular weight excluding hydrogens is 256 g/mol. The van der Waals surface area contributed by atoms with Gasteiger partial charge in [-0.3, -0.25) is 14.5 Å². The Balaban J connectivity index is 1.77. The number of oxime groups is 1. The molecule has 0 saturated carbocycles. The summed E-state index contributed by atoms with van der Waals surface area (Å²) in [5.74, 6) is 0.317. The summed E-state index contributed by atoms with van der Waals surface area (Å²) in [5, 5.41) is 16.2. The van der Waals surface area contributed by atoms with E-state index in [9.17, 15) is 0 Å². The average Bonchev–Trinajstić information content (AvgIpc) is 3.00. The molecule has 0 radical (unpaired) electrons. The molecule has 0 aliphatic carbocycles. The molecule has 7 nitrogen and oxygen atoms in total. The van der Waals surface area contributed by atoms with Crippen molar-refractivity contribution < 1.29 is 5.21 Å². The number of piperazine rings is 1. The molecule has 1 aromatic heterocycles. The quantitative estimate of drug-likeness (QED) is 0.332. The average molecular weight is 280 g/mol. The molecule has 0 aromatic carbocycles. The van der Waals surface area contributed by atoms with Crippen LogP contribution in [0.5, 0.6) is 0 Å². The van der Waals surface area contributed by atoms with E-state index >= 15 is 0 Å². The summed E-state index contributed by atoms with van der Waals surface area (Å²) in [4.78, 5) is 4.72. The highest BCUT2D eigenvalue weighted by Crippen LogP contribution is 2.09. The molecule has 2 heterocycles. The second-order valence-electron chi connectivity index (χ2n) is 5.10. The molecule has 2 rings (SSSR count). The summed E-state index contributed by atoms with van der Waals surface area (Å²) in [6, 6.07) is 1.99. The van der Waals surface area contributed by atoms with Crippen molar-refractivity contribution in [2.24, 2.45) is 10.9 Å². The lowest BCUT2D eigenvalue weighted by Crippen LogP contribution is -2.54. The summed E-state index contributed by atoms with van der Waals surface area (Å²) in [6.07, 6.45) is 4.66. The van der Waals surface area contributed by atoms with Gasteiger partial charge >= 0.3 is 0 Å². The Labute approximate surface area is 119 Å². The minimum absolute atomic E-state index is 0.0493. The molecular formula is C13H24N6O. The fourth-order valence-corrected chi connectivity index (χ4v) is 2.70. The lowest BCUT2D eigenvalue weighted by Gasteiger charge is -2.38. The smallest absolute Gasteiger partial charge is 0.156 e. The zero-order chi connectivity index (χ0) is 14.4. The van der Waals surface area contributed by atoms with Crippen LogP contribution in [-0.2, 0) is 6.54 Å². The number of nitrogens with two attached hydrogens (primary N) is 1. The molecule has 1 aromatic rings. The van der Waals surface area contributed by atoms with Crippen LogP contribution in [0.3, 0.4) is 0 Å². The Kier molecular flexibility index (Phi) is 5.37. The van der Waals surface area contributed by atoms with Gasteiger partial charge in [0.15, 0.2) is 5.84 Å². The van der Waals surface area contributed by atoms with Gasteiger partial charge in [-0.25, -0.2) is 0 Å². The summed E-state index contributed by atoms with van der Waals surface area (Å²) >= 11 is 0. The number of hydrogen-bond donors (Lipinski definition) is 2. The number of nitrogens with zero attached hydrogens (tertiary/aromatic N) is 5. The first-order valence-electron chi connectivity index (χ1n) is 7.15. The fourth-order valence-electron chi connectivity index (χ4n) is 2.70. The molecule has 7 heteroatoms. The van der Waals surface area contributed by atoms with Gasteiger partial charge in [-0.05, 0) is 12.5 Å². The van der Waals surface area contributed by atoms with E-state index in [1.807, 2.05) is 16.9 Å². The third kappa shape index (κ3) is 3.71. The summed E-state index contributed by atoms with van der Waals surface area (Å²) in [7, 11) is 0. The molecule has 1 fully saturated rings. The summed E-state index contributed by atoms with van der Waals surface area (Å²) < 4.78 is 1.96. The zero-order valence-electron chi connectivity index (χ0n) is 12.0. The predicted molar refractivity (Wildman–Crippen MR) is 77.7 cm³/mol. The van der Waals surface area contributed by atoms with Gasteiger partial charge in [-0.2, -0.15) is 5.10 Å². The van der Waals surface area contributed by atoms with Gasteiger partial charge in [-0.15, -0.1) is 0 Å². The number of amidine groups is 1. The highest BCUT2D eigenvalue weighted by atomic mass is 16.4. The van der Waals surface area contributed by atoms with Crippen molar-refractivity contribution in [3.05, 3.63) is 18.5 Å². The first-order chi connectivity index (χ1) is 9.74. The highest BCUT2D eigenvalue weighted by Gasteiger charge is 2.25. The van der Waals surface area contributed by atoms with E-state index in [2.05, 4.69) is 27.0 Å². The Hall–Kier alpha value is -1.60. The van der Waals surface area contributed by atoms with Gasteiger partial charge in [0, 0.05) is 45.1 Å². The van der Waals surface area contributed by atoms with Crippen molar-refractivity contribution in [3.63, 3.8) is 0 Å². The third-order valence-electron chi connectivity index (χ3n) is 3.90. The largest absolute Gasteiger partial charge is 0.409 e. The van der Waals surface area contributed by atoms with E-state index < -0.39 is 0 Å². The third-order valence-corrected chi connectivity index (χ3v) is 3.90. The fraction of sp³-hybridized carbons (Fsp3) is 0.692. The molecule has 1 unspecified atom stereocenters. The normalized spacial score (nSPS) is 20.1. The molecule has 3 N–H and O–H groups in total. The van der Waals surface area contributed by atoms with Crippen LogP contribution >= 0.6 is 0 Å². The van der Waals surface area contributed by atoms with E-state index in [4.69, 9.17) is 10.9 Å². The summed E-state index contributed by atoms with van der Waals surface area (Å²) in [5.41, 5.74) is 5.75. The van der Waals surface area contributed by atoms with Crippen LogP contribution in [0.4, 0.5) is 0 Å². The van der Waals surface area contributed by atoms with Crippen molar-refractivity contribution in [1.29, 1.82) is 0 Å². The van der Waals surface area contributed by atoms with Crippen LogP contribution < -0.4 is 5.73 Å². The molecule has 0 amide bonds. The minimum Gasteiger partial charge on any atom is -0.409 e. The topological polar surface area (TPSA) is 82.9 Å².